The normalized spacial score (nSPS) is 22.5. The summed E-state index contributed by atoms with van der Waals surface area (Å²) in [6, 6.07) is 1.53. The first kappa shape index (κ1) is 13.9. The fraction of sp³-hybridized carbons (Fsp3) is 0.462. The fourth-order valence-corrected chi connectivity index (χ4v) is 2.32. The van der Waals surface area contributed by atoms with Gasteiger partial charge in [0.1, 0.15) is 0 Å². The summed E-state index contributed by atoms with van der Waals surface area (Å²) in [6.07, 6.45) is 2.67. The van der Waals surface area contributed by atoms with Crippen LogP contribution >= 0.6 is 0 Å². The van der Waals surface area contributed by atoms with Crippen LogP contribution in [0.4, 0.5) is 13.2 Å². The van der Waals surface area contributed by atoms with Crippen molar-refractivity contribution in [3.8, 4) is 0 Å². The minimum absolute atomic E-state index is 0.155. The van der Waals surface area contributed by atoms with E-state index in [0.29, 0.717) is 18.7 Å². The second-order valence-corrected chi connectivity index (χ2v) is 4.90. The Labute approximate surface area is 109 Å². The van der Waals surface area contributed by atoms with Gasteiger partial charge in [-0.05, 0) is 37.3 Å². The molecule has 0 radical (unpaired) electrons. The lowest BCUT2D eigenvalue weighted by Crippen LogP contribution is -2.29. The molecule has 1 amide bonds. The van der Waals surface area contributed by atoms with Gasteiger partial charge < -0.3 is 11.1 Å². The largest absolute Gasteiger partial charge is 0.352 e. The summed E-state index contributed by atoms with van der Waals surface area (Å²) in [5.74, 6) is -4.63. The molecule has 1 aromatic rings. The lowest BCUT2D eigenvalue weighted by molar-refractivity contribution is 0.0946. The molecule has 1 fully saturated rings. The summed E-state index contributed by atoms with van der Waals surface area (Å²) in [6.45, 7) is 0.410. The Morgan fingerprint density at radius 2 is 1.89 bits per heavy atom. The van der Waals surface area contributed by atoms with E-state index < -0.39 is 23.4 Å². The van der Waals surface area contributed by atoms with Crippen molar-refractivity contribution in [1.82, 2.24) is 5.32 Å². The van der Waals surface area contributed by atoms with Crippen LogP contribution in [0.2, 0.25) is 0 Å². The molecule has 0 bridgehead atoms. The number of amides is 1. The van der Waals surface area contributed by atoms with Gasteiger partial charge in [0, 0.05) is 18.2 Å². The van der Waals surface area contributed by atoms with Gasteiger partial charge in [0.15, 0.2) is 17.5 Å². The van der Waals surface area contributed by atoms with Crippen molar-refractivity contribution in [3.63, 3.8) is 0 Å². The van der Waals surface area contributed by atoms with Gasteiger partial charge in [0.05, 0.1) is 0 Å². The first-order valence-electron chi connectivity index (χ1n) is 6.15. The summed E-state index contributed by atoms with van der Waals surface area (Å²) >= 11 is 0. The molecule has 3 N–H and O–H groups in total. The molecule has 0 saturated heterocycles. The highest BCUT2D eigenvalue weighted by Crippen LogP contribution is 2.23. The number of carbonyl (C=O) groups is 1. The second kappa shape index (κ2) is 5.61. The molecule has 0 heterocycles. The minimum Gasteiger partial charge on any atom is -0.352 e. The highest BCUT2D eigenvalue weighted by Gasteiger charge is 2.22. The van der Waals surface area contributed by atoms with Crippen LogP contribution in [-0.2, 0) is 0 Å². The third-order valence-electron chi connectivity index (χ3n) is 3.38. The van der Waals surface area contributed by atoms with E-state index in [4.69, 9.17) is 5.73 Å². The monoisotopic (exact) mass is 272 g/mol. The van der Waals surface area contributed by atoms with Crippen molar-refractivity contribution in [1.29, 1.82) is 0 Å². The van der Waals surface area contributed by atoms with Crippen LogP contribution in [-0.4, -0.2) is 18.5 Å². The molecule has 0 aromatic heterocycles. The molecule has 6 heteroatoms. The molecule has 19 heavy (non-hydrogen) atoms. The Balaban J connectivity index is 1.96. The van der Waals surface area contributed by atoms with Crippen molar-refractivity contribution in [2.24, 2.45) is 11.7 Å². The minimum atomic E-state index is -1.57. The van der Waals surface area contributed by atoms with E-state index >= 15 is 0 Å². The molecule has 2 rings (SSSR count). The van der Waals surface area contributed by atoms with Gasteiger partial charge in [-0.25, -0.2) is 13.2 Å². The van der Waals surface area contributed by atoms with E-state index in [9.17, 15) is 18.0 Å². The Hall–Kier alpha value is -1.56. The van der Waals surface area contributed by atoms with Crippen LogP contribution in [0, 0.1) is 23.4 Å². The average Bonchev–Trinajstić information content (AvgIpc) is 2.78. The maximum Gasteiger partial charge on any atom is 0.251 e. The van der Waals surface area contributed by atoms with E-state index in [2.05, 4.69) is 5.32 Å². The van der Waals surface area contributed by atoms with Gasteiger partial charge in [-0.2, -0.15) is 0 Å². The molecule has 1 saturated carbocycles. The Morgan fingerprint density at radius 1 is 1.26 bits per heavy atom. The quantitative estimate of drug-likeness (QED) is 0.826. The average molecular weight is 272 g/mol. The van der Waals surface area contributed by atoms with E-state index in [1.807, 2.05) is 0 Å². The maximum atomic E-state index is 13.0. The second-order valence-electron chi connectivity index (χ2n) is 4.90. The molecule has 1 aliphatic carbocycles. The van der Waals surface area contributed by atoms with Gasteiger partial charge in [-0.1, -0.05) is 0 Å². The number of carbonyl (C=O) groups excluding carboxylic acids is 1. The molecular formula is C13H15F3N2O. The molecule has 3 nitrogen and oxygen atoms in total. The van der Waals surface area contributed by atoms with Crippen LogP contribution in [0.15, 0.2) is 12.1 Å². The van der Waals surface area contributed by atoms with Gasteiger partial charge in [-0.3, -0.25) is 4.79 Å². The molecule has 1 aliphatic rings. The zero-order valence-electron chi connectivity index (χ0n) is 10.3. The SMILES string of the molecule is NC1CCC(CNC(=O)c2cc(F)c(F)c(F)c2)C1. The van der Waals surface area contributed by atoms with Gasteiger partial charge in [-0.15, -0.1) is 0 Å². The number of benzene rings is 1. The molecule has 1 aromatic carbocycles. The first-order valence-corrected chi connectivity index (χ1v) is 6.15. The Bertz CT molecular complexity index is 470. The summed E-state index contributed by atoms with van der Waals surface area (Å²) in [7, 11) is 0. The van der Waals surface area contributed by atoms with Crippen molar-refractivity contribution in [2.75, 3.05) is 6.54 Å². The zero-order chi connectivity index (χ0) is 14.0. The molecular weight excluding hydrogens is 257 g/mol. The van der Waals surface area contributed by atoms with Crippen molar-refractivity contribution < 1.29 is 18.0 Å². The highest BCUT2D eigenvalue weighted by atomic mass is 19.2. The third kappa shape index (κ3) is 3.26. The fourth-order valence-electron chi connectivity index (χ4n) is 2.32. The summed E-state index contributed by atoms with van der Waals surface area (Å²) in [4.78, 5) is 11.7. The van der Waals surface area contributed by atoms with Crippen LogP contribution in [0.1, 0.15) is 29.6 Å². The number of hydrogen-bond acceptors (Lipinski definition) is 2. The topological polar surface area (TPSA) is 55.1 Å². The maximum absolute atomic E-state index is 13.0. The number of halogens is 3. The van der Waals surface area contributed by atoms with Crippen molar-refractivity contribution >= 4 is 5.91 Å². The summed E-state index contributed by atoms with van der Waals surface area (Å²) in [5, 5.41) is 2.59. The smallest absolute Gasteiger partial charge is 0.251 e. The Morgan fingerprint density at radius 3 is 2.42 bits per heavy atom. The highest BCUT2D eigenvalue weighted by molar-refractivity contribution is 5.94. The molecule has 0 aliphatic heterocycles. The van der Waals surface area contributed by atoms with Crippen LogP contribution in [0.3, 0.4) is 0 Å². The van der Waals surface area contributed by atoms with E-state index in [0.717, 1.165) is 19.3 Å². The van der Waals surface area contributed by atoms with Gasteiger partial charge in [0.25, 0.3) is 5.91 Å². The predicted octanol–water partition coefficient (Wildman–Crippen LogP) is 1.96. The standard InChI is InChI=1S/C13H15F3N2O/c14-10-4-8(5-11(15)12(10)16)13(19)18-6-7-1-2-9(17)3-7/h4-5,7,9H,1-3,6,17H2,(H,18,19). The lowest BCUT2D eigenvalue weighted by atomic mass is 10.1. The summed E-state index contributed by atoms with van der Waals surface area (Å²) < 4.78 is 38.7. The van der Waals surface area contributed by atoms with E-state index in [-0.39, 0.29) is 17.5 Å². The summed E-state index contributed by atoms with van der Waals surface area (Å²) in [5.41, 5.74) is 5.52. The molecule has 104 valence electrons. The lowest BCUT2D eigenvalue weighted by Gasteiger charge is -2.11. The number of nitrogens with two attached hydrogens (primary N) is 1. The van der Waals surface area contributed by atoms with Gasteiger partial charge in [0.2, 0.25) is 0 Å². The third-order valence-corrected chi connectivity index (χ3v) is 3.38. The van der Waals surface area contributed by atoms with E-state index in [1.165, 1.54) is 0 Å². The molecule has 2 unspecified atom stereocenters. The van der Waals surface area contributed by atoms with E-state index in [1.54, 1.807) is 0 Å². The Kier molecular flexibility index (Phi) is 4.09. The van der Waals surface area contributed by atoms with Gasteiger partial charge >= 0.3 is 0 Å². The molecule has 0 spiro atoms. The predicted molar refractivity (Wildman–Crippen MR) is 64.0 cm³/mol. The molecule has 2 atom stereocenters. The number of nitrogens with one attached hydrogen (secondary N) is 1. The first-order chi connectivity index (χ1) is 8.97. The van der Waals surface area contributed by atoms with Crippen molar-refractivity contribution in [2.45, 2.75) is 25.3 Å². The number of hydrogen-bond donors (Lipinski definition) is 2. The van der Waals surface area contributed by atoms with Crippen LogP contribution in [0.5, 0.6) is 0 Å². The van der Waals surface area contributed by atoms with Crippen LogP contribution in [0.25, 0.3) is 0 Å². The zero-order valence-corrected chi connectivity index (χ0v) is 10.3. The van der Waals surface area contributed by atoms with Crippen LogP contribution < -0.4 is 11.1 Å². The number of rotatable bonds is 3. The van der Waals surface area contributed by atoms with Crippen molar-refractivity contribution in [3.05, 3.63) is 35.1 Å².